The van der Waals surface area contributed by atoms with Crippen LogP contribution >= 0.6 is 0 Å². The van der Waals surface area contributed by atoms with Crippen molar-refractivity contribution < 1.29 is 4.79 Å². The van der Waals surface area contributed by atoms with Gasteiger partial charge in [0.15, 0.2) is 0 Å². The average molecular weight is 261 g/mol. The fourth-order valence-corrected chi connectivity index (χ4v) is 2.58. The third-order valence-electron chi connectivity index (χ3n) is 3.70. The molecule has 1 aromatic rings. The molecule has 1 fully saturated rings. The molecule has 104 valence electrons. The van der Waals surface area contributed by atoms with Crippen molar-refractivity contribution in [1.82, 2.24) is 5.32 Å². The van der Waals surface area contributed by atoms with E-state index in [1.54, 1.807) is 0 Å². The molecule has 2 unspecified atom stereocenters. The highest BCUT2D eigenvalue weighted by Gasteiger charge is 2.27. The van der Waals surface area contributed by atoms with Gasteiger partial charge < -0.3 is 15.5 Å². The van der Waals surface area contributed by atoms with Crippen LogP contribution in [0.4, 0.5) is 11.4 Å². The summed E-state index contributed by atoms with van der Waals surface area (Å²) >= 11 is 0. The zero-order valence-corrected chi connectivity index (χ0v) is 11.9. The van der Waals surface area contributed by atoms with E-state index in [1.807, 2.05) is 43.3 Å². The first-order valence-corrected chi connectivity index (χ1v) is 6.90. The molecule has 2 rings (SSSR count). The highest BCUT2D eigenvalue weighted by molar-refractivity contribution is 5.97. The monoisotopic (exact) mass is 261 g/mol. The third-order valence-corrected chi connectivity index (χ3v) is 3.70. The normalized spacial score (nSPS) is 22.9. The Hall–Kier alpha value is -1.55. The second-order valence-corrected chi connectivity index (χ2v) is 5.45. The molecule has 1 amide bonds. The molecule has 4 heteroatoms. The quantitative estimate of drug-likeness (QED) is 0.875. The van der Waals surface area contributed by atoms with E-state index in [1.165, 1.54) is 0 Å². The van der Waals surface area contributed by atoms with Gasteiger partial charge in [0.05, 0.1) is 17.4 Å². The van der Waals surface area contributed by atoms with Crippen LogP contribution in [0.15, 0.2) is 24.3 Å². The van der Waals surface area contributed by atoms with Crippen molar-refractivity contribution in [3.63, 3.8) is 0 Å². The standard InChI is InChI=1S/C15H23N3O/c1-11-7-6-10-16-14(11)15(19)17-12-8-4-5-9-13(12)18(2)3/h4-5,8-9,11,14,16H,6-7,10H2,1-3H3,(H,17,19). The molecular formula is C15H23N3O. The number of rotatable bonds is 3. The van der Waals surface area contributed by atoms with Crippen LogP contribution in [-0.4, -0.2) is 32.6 Å². The number of anilines is 2. The van der Waals surface area contributed by atoms with E-state index in [-0.39, 0.29) is 11.9 Å². The third kappa shape index (κ3) is 3.26. The average Bonchev–Trinajstić information content (AvgIpc) is 2.39. The summed E-state index contributed by atoms with van der Waals surface area (Å²) in [4.78, 5) is 14.4. The Kier molecular flexibility index (Phi) is 4.43. The van der Waals surface area contributed by atoms with Gasteiger partial charge in [0, 0.05) is 14.1 Å². The van der Waals surface area contributed by atoms with Gasteiger partial charge >= 0.3 is 0 Å². The summed E-state index contributed by atoms with van der Waals surface area (Å²) in [5.74, 6) is 0.460. The predicted octanol–water partition coefficient (Wildman–Crippen LogP) is 2.08. The maximum absolute atomic E-state index is 12.4. The Morgan fingerprint density at radius 1 is 1.37 bits per heavy atom. The number of hydrogen-bond donors (Lipinski definition) is 2. The van der Waals surface area contributed by atoms with Gasteiger partial charge in [-0.2, -0.15) is 0 Å². The molecule has 1 aliphatic heterocycles. The maximum atomic E-state index is 12.4. The predicted molar refractivity (Wildman–Crippen MR) is 79.6 cm³/mol. The molecular weight excluding hydrogens is 238 g/mol. The Morgan fingerprint density at radius 3 is 2.79 bits per heavy atom. The van der Waals surface area contributed by atoms with Crippen LogP contribution in [0, 0.1) is 5.92 Å². The molecule has 1 saturated heterocycles. The highest BCUT2D eigenvalue weighted by atomic mass is 16.2. The fraction of sp³-hybridized carbons (Fsp3) is 0.533. The number of piperidine rings is 1. The fourth-order valence-electron chi connectivity index (χ4n) is 2.58. The summed E-state index contributed by atoms with van der Waals surface area (Å²) in [5, 5.41) is 6.36. The second-order valence-electron chi connectivity index (χ2n) is 5.45. The van der Waals surface area contributed by atoms with E-state index in [4.69, 9.17) is 0 Å². The number of carbonyl (C=O) groups excluding carboxylic acids is 1. The van der Waals surface area contributed by atoms with Crippen LogP contribution in [0.2, 0.25) is 0 Å². The molecule has 0 spiro atoms. The first-order chi connectivity index (χ1) is 9.09. The summed E-state index contributed by atoms with van der Waals surface area (Å²) in [6.07, 6.45) is 2.26. The van der Waals surface area contributed by atoms with Crippen molar-refractivity contribution in [3.8, 4) is 0 Å². The van der Waals surface area contributed by atoms with Crippen molar-refractivity contribution >= 4 is 17.3 Å². The van der Waals surface area contributed by atoms with Gasteiger partial charge in [0.2, 0.25) is 5.91 Å². The number of nitrogens with one attached hydrogen (secondary N) is 2. The van der Waals surface area contributed by atoms with E-state index in [2.05, 4.69) is 17.6 Å². The van der Waals surface area contributed by atoms with Crippen LogP contribution in [0.1, 0.15) is 19.8 Å². The molecule has 0 saturated carbocycles. The van der Waals surface area contributed by atoms with Crippen molar-refractivity contribution in [1.29, 1.82) is 0 Å². The Labute approximate surface area is 115 Å². The lowest BCUT2D eigenvalue weighted by atomic mass is 9.92. The van der Waals surface area contributed by atoms with Crippen molar-refractivity contribution in [2.75, 3.05) is 30.9 Å². The van der Waals surface area contributed by atoms with E-state index in [0.29, 0.717) is 5.92 Å². The Bertz CT molecular complexity index is 445. The number of para-hydroxylation sites is 2. The summed E-state index contributed by atoms with van der Waals surface area (Å²) in [6, 6.07) is 7.80. The molecule has 1 aliphatic rings. The van der Waals surface area contributed by atoms with Crippen LogP contribution in [0.5, 0.6) is 0 Å². The topological polar surface area (TPSA) is 44.4 Å². The number of amides is 1. The lowest BCUT2D eigenvalue weighted by Gasteiger charge is -2.29. The summed E-state index contributed by atoms with van der Waals surface area (Å²) in [7, 11) is 3.96. The van der Waals surface area contributed by atoms with Gasteiger partial charge in [-0.1, -0.05) is 19.1 Å². The molecule has 19 heavy (non-hydrogen) atoms. The van der Waals surface area contributed by atoms with Gasteiger partial charge in [-0.3, -0.25) is 4.79 Å². The summed E-state index contributed by atoms with van der Waals surface area (Å²) < 4.78 is 0. The molecule has 1 aromatic carbocycles. The van der Waals surface area contributed by atoms with Gasteiger partial charge in [-0.15, -0.1) is 0 Å². The molecule has 4 nitrogen and oxygen atoms in total. The van der Waals surface area contributed by atoms with Gasteiger partial charge in [-0.05, 0) is 37.4 Å². The van der Waals surface area contributed by atoms with Crippen LogP contribution in [-0.2, 0) is 4.79 Å². The molecule has 0 bridgehead atoms. The Balaban J connectivity index is 2.10. The minimum atomic E-state index is -0.0797. The molecule has 0 aromatic heterocycles. The highest BCUT2D eigenvalue weighted by Crippen LogP contribution is 2.24. The van der Waals surface area contributed by atoms with Crippen LogP contribution in [0.25, 0.3) is 0 Å². The van der Waals surface area contributed by atoms with E-state index < -0.39 is 0 Å². The lowest BCUT2D eigenvalue weighted by molar-refractivity contribution is -0.119. The maximum Gasteiger partial charge on any atom is 0.241 e. The van der Waals surface area contributed by atoms with Crippen molar-refractivity contribution in [2.24, 2.45) is 5.92 Å². The smallest absolute Gasteiger partial charge is 0.241 e. The summed E-state index contributed by atoms with van der Waals surface area (Å²) in [5.41, 5.74) is 1.90. The largest absolute Gasteiger partial charge is 0.376 e. The molecule has 2 N–H and O–H groups in total. The van der Waals surface area contributed by atoms with E-state index in [9.17, 15) is 4.79 Å². The van der Waals surface area contributed by atoms with Gasteiger partial charge in [-0.25, -0.2) is 0 Å². The number of carbonyl (C=O) groups is 1. The minimum absolute atomic E-state index is 0.0708. The first-order valence-electron chi connectivity index (χ1n) is 6.90. The molecule has 0 aliphatic carbocycles. The van der Waals surface area contributed by atoms with Crippen LogP contribution < -0.4 is 15.5 Å². The number of nitrogens with zero attached hydrogens (tertiary/aromatic N) is 1. The minimum Gasteiger partial charge on any atom is -0.376 e. The van der Waals surface area contributed by atoms with Crippen LogP contribution in [0.3, 0.4) is 0 Å². The molecule has 0 radical (unpaired) electrons. The van der Waals surface area contributed by atoms with Crippen molar-refractivity contribution in [3.05, 3.63) is 24.3 Å². The van der Waals surface area contributed by atoms with Gasteiger partial charge in [0.1, 0.15) is 0 Å². The van der Waals surface area contributed by atoms with E-state index >= 15 is 0 Å². The molecule has 2 atom stereocenters. The zero-order chi connectivity index (χ0) is 13.8. The Morgan fingerprint density at radius 2 is 2.11 bits per heavy atom. The SMILES string of the molecule is CC1CCCNC1C(=O)Nc1ccccc1N(C)C. The van der Waals surface area contributed by atoms with Crippen molar-refractivity contribution in [2.45, 2.75) is 25.8 Å². The second kappa shape index (κ2) is 6.06. The molecule has 1 heterocycles. The summed E-state index contributed by atoms with van der Waals surface area (Å²) in [6.45, 7) is 3.06. The zero-order valence-electron chi connectivity index (χ0n) is 11.9. The van der Waals surface area contributed by atoms with E-state index in [0.717, 1.165) is 30.8 Å². The number of hydrogen-bond acceptors (Lipinski definition) is 3. The first kappa shape index (κ1) is 13.9. The lowest BCUT2D eigenvalue weighted by Crippen LogP contribution is -2.48. The van der Waals surface area contributed by atoms with Gasteiger partial charge in [0.25, 0.3) is 0 Å². The number of benzene rings is 1.